The fourth-order valence-corrected chi connectivity index (χ4v) is 3.67. The Hall–Kier alpha value is -1.38. The second-order valence-electron chi connectivity index (χ2n) is 5.17. The van der Waals surface area contributed by atoms with Crippen LogP contribution >= 0.6 is 11.3 Å². The molecule has 1 aromatic heterocycles. The topological polar surface area (TPSA) is 64.9 Å². The Morgan fingerprint density at radius 1 is 1.58 bits per heavy atom. The number of nitriles is 1. The summed E-state index contributed by atoms with van der Waals surface area (Å²) in [5.74, 6) is 0.572. The third kappa shape index (κ3) is 2.80. The lowest BCUT2D eigenvalue weighted by Gasteiger charge is -2.17. The molecule has 1 aromatic rings. The maximum absolute atomic E-state index is 11.9. The Kier molecular flexibility index (Phi) is 4.23. The molecular formula is C14H19N3OS. The van der Waals surface area contributed by atoms with Gasteiger partial charge in [0, 0.05) is 4.88 Å². The van der Waals surface area contributed by atoms with Gasteiger partial charge in [0.15, 0.2) is 0 Å². The first-order chi connectivity index (χ1) is 9.06. The van der Waals surface area contributed by atoms with E-state index in [4.69, 9.17) is 0 Å². The molecule has 2 unspecified atom stereocenters. The number of amides is 1. The molecule has 102 valence electrons. The summed E-state index contributed by atoms with van der Waals surface area (Å²) < 4.78 is 0. The fourth-order valence-electron chi connectivity index (χ4n) is 2.31. The van der Waals surface area contributed by atoms with E-state index in [2.05, 4.69) is 23.6 Å². The Balaban J connectivity index is 2.27. The standard InChI is InChI=1S/C14H19N3OS/c1-8-4-5-10-11(7-15)14(19-12(10)6-8)17-13(18)9(2)16-3/h8-9,16H,4-6H2,1-3H3,(H,17,18). The monoisotopic (exact) mass is 277 g/mol. The highest BCUT2D eigenvalue weighted by molar-refractivity contribution is 7.16. The van der Waals surface area contributed by atoms with Crippen molar-refractivity contribution in [1.82, 2.24) is 5.32 Å². The Morgan fingerprint density at radius 3 is 2.95 bits per heavy atom. The van der Waals surface area contributed by atoms with Gasteiger partial charge in [0.25, 0.3) is 0 Å². The summed E-state index contributed by atoms with van der Waals surface area (Å²) in [5, 5.41) is 15.8. The number of hydrogen-bond donors (Lipinski definition) is 2. The molecule has 19 heavy (non-hydrogen) atoms. The zero-order valence-electron chi connectivity index (χ0n) is 11.5. The van der Waals surface area contributed by atoms with Crippen molar-refractivity contribution in [3.63, 3.8) is 0 Å². The molecule has 0 spiro atoms. The molecule has 1 heterocycles. The molecule has 0 bridgehead atoms. The van der Waals surface area contributed by atoms with Crippen molar-refractivity contribution < 1.29 is 4.79 Å². The van der Waals surface area contributed by atoms with Crippen molar-refractivity contribution in [2.24, 2.45) is 5.92 Å². The second kappa shape index (κ2) is 5.72. The second-order valence-corrected chi connectivity index (χ2v) is 6.27. The molecule has 2 atom stereocenters. The smallest absolute Gasteiger partial charge is 0.241 e. The molecule has 0 aromatic carbocycles. The molecule has 4 nitrogen and oxygen atoms in total. The van der Waals surface area contributed by atoms with Gasteiger partial charge in [0.1, 0.15) is 11.1 Å². The van der Waals surface area contributed by atoms with Crippen molar-refractivity contribution in [3.8, 4) is 6.07 Å². The fraction of sp³-hybridized carbons (Fsp3) is 0.571. The van der Waals surface area contributed by atoms with Gasteiger partial charge in [-0.1, -0.05) is 6.92 Å². The Morgan fingerprint density at radius 2 is 2.32 bits per heavy atom. The van der Waals surface area contributed by atoms with Crippen LogP contribution in [0.5, 0.6) is 0 Å². The molecule has 1 amide bonds. The molecule has 1 aliphatic carbocycles. The van der Waals surface area contributed by atoms with E-state index in [1.54, 1.807) is 25.3 Å². The van der Waals surface area contributed by atoms with Crippen LogP contribution in [-0.4, -0.2) is 19.0 Å². The summed E-state index contributed by atoms with van der Waals surface area (Å²) >= 11 is 1.56. The summed E-state index contributed by atoms with van der Waals surface area (Å²) in [6.07, 6.45) is 3.10. The molecule has 2 rings (SSSR count). The number of carbonyl (C=O) groups is 1. The van der Waals surface area contributed by atoms with E-state index in [9.17, 15) is 10.1 Å². The first-order valence-electron chi connectivity index (χ1n) is 6.59. The molecule has 5 heteroatoms. The molecular weight excluding hydrogens is 258 g/mol. The van der Waals surface area contributed by atoms with Crippen LogP contribution < -0.4 is 10.6 Å². The van der Waals surface area contributed by atoms with E-state index in [1.807, 2.05) is 0 Å². The molecule has 0 fully saturated rings. The van der Waals surface area contributed by atoms with E-state index in [1.165, 1.54) is 4.88 Å². The third-order valence-electron chi connectivity index (χ3n) is 3.69. The minimum atomic E-state index is -0.260. The van der Waals surface area contributed by atoms with Crippen LogP contribution in [0.4, 0.5) is 5.00 Å². The summed E-state index contributed by atoms with van der Waals surface area (Å²) in [5.41, 5.74) is 1.82. The van der Waals surface area contributed by atoms with Crippen LogP contribution in [0.15, 0.2) is 0 Å². The number of anilines is 1. The van der Waals surface area contributed by atoms with Gasteiger partial charge < -0.3 is 10.6 Å². The lowest BCUT2D eigenvalue weighted by Crippen LogP contribution is -2.35. The largest absolute Gasteiger partial charge is 0.315 e. The van der Waals surface area contributed by atoms with E-state index in [0.29, 0.717) is 16.5 Å². The Labute approximate surface area is 117 Å². The molecule has 0 aliphatic heterocycles. The number of hydrogen-bond acceptors (Lipinski definition) is 4. The van der Waals surface area contributed by atoms with Crippen LogP contribution in [0, 0.1) is 17.2 Å². The number of rotatable bonds is 3. The van der Waals surface area contributed by atoms with Gasteiger partial charge >= 0.3 is 0 Å². The average molecular weight is 277 g/mol. The van der Waals surface area contributed by atoms with Gasteiger partial charge in [-0.15, -0.1) is 11.3 Å². The van der Waals surface area contributed by atoms with Crippen molar-refractivity contribution in [2.75, 3.05) is 12.4 Å². The highest BCUT2D eigenvalue weighted by Gasteiger charge is 2.25. The molecule has 1 aliphatic rings. The number of carbonyl (C=O) groups excluding carboxylic acids is 1. The first-order valence-corrected chi connectivity index (χ1v) is 7.41. The summed E-state index contributed by atoms with van der Waals surface area (Å²) in [7, 11) is 1.75. The van der Waals surface area contributed by atoms with Gasteiger partial charge in [-0.2, -0.15) is 5.26 Å². The van der Waals surface area contributed by atoms with Gasteiger partial charge in [0.05, 0.1) is 11.6 Å². The van der Waals surface area contributed by atoms with Crippen molar-refractivity contribution in [1.29, 1.82) is 5.26 Å². The third-order valence-corrected chi connectivity index (χ3v) is 4.86. The van der Waals surface area contributed by atoms with E-state index in [0.717, 1.165) is 24.8 Å². The van der Waals surface area contributed by atoms with Crippen LogP contribution in [0.3, 0.4) is 0 Å². The summed E-state index contributed by atoms with van der Waals surface area (Å²) in [6.45, 7) is 4.03. The minimum Gasteiger partial charge on any atom is -0.315 e. The first kappa shape index (κ1) is 14.0. The van der Waals surface area contributed by atoms with Crippen molar-refractivity contribution >= 4 is 22.2 Å². The summed E-state index contributed by atoms with van der Waals surface area (Å²) in [4.78, 5) is 13.2. The molecule has 0 saturated heterocycles. The van der Waals surface area contributed by atoms with Crippen molar-refractivity contribution in [3.05, 3.63) is 16.0 Å². The van der Waals surface area contributed by atoms with Gasteiger partial charge in [0.2, 0.25) is 5.91 Å². The zero-order valence-corrected chi connectivity index (χ0v) is 12.4. The average Bonchev–Trinajstić information content (AvgIpc) is 2.73. The lowest BCUT2D eigenvalue weighted by molar-refractivity contribution is -0.117. The van der Waals surface area contributed by atoms with E-state index < -0.39 is 0 Å². The highest BCUT2D eigenvalue weighted by atomic mass is 32.1. The predicted octanol–water partition coefficient (Wildman–Crippen LogP) is 2.29. The predicted molar refractivity (Wildman–Crippen MR) is 77.4 cm³/mol. The van der Waals surface area contributed by atoms with Crippen LogP contribution in [0.2, 0.25) is 0 Å². The molecule has 0 radical (unpaired) electrons. The quantitative estimate of drug-likeness (QED) is 0.891. The SMILES string of the molecule is CNC(C)C(=O)Nc1sc2c(c1C#N)CCC(C)C2. The van der Waals surface area contributed by atoms with E-state index in [-0.39, 0.29) is 11.9 Å². The summed E-state index contributed by atoms with van der Waals surface area (Å²) in [6, 6.07) is 2.00. The normalized spacial score (nSPS) is 19.4. The maximum atomic E-state index is 11.9. The number of nitrogens with one attached hydrogen (secondary N) is 2. The highest BCUT2D eigenvalue weighted by Crippen LogP contribution is 2.39. The zero-order chi connectivity index (χ0) is 14.0. The number of nitrogens with zero attached hydrogens (tertiary/aromatic N) is 1. The van der Waals surface area contributed by atoms with E-state index >= 15 is 0 Å². The van der Waals surface area contributed by atoms with Crippen molar-refractivity contribution in [2.45, 2.75) is 39.2 Å². The molecule has 2 N–H and O–H groups in total. The number of thiophene rings is 1. The molecule has 0 saturated carbocycles. The maximum Gasteiger partial charge on any atom is 0.241 e. The number of fused-ring (bicyclic) bond motifs is 1. The van der Waals surface area contributed by atoms with Crippen LogP contribution in [-0.2, 0) is 17.6 Å². The Bertz CT molecular complexity index is 530. The van der Waals surface area contributed by atoms with Gasteiger partial charge in [-0.05, 0) is 44.7 Å². The van der Waals surface area contributed by atoms with Gasteiger partial charge in [-0.25, -0.2) is 0 Å². The van der Waals surface area contributed by atoms with Gasteiger partial charge in [-0.3, -0.25) is 4.79 Å². The minimum absolute atomic E-state index is 0.0920. The van der Waals surface area contributed by atoms with Crippen LogP contribution in [0.25, 0.3) is 0 Å². The lowest BCUT2D eigenvalue weighted by atomic mass is 9.88. The number of likely N-dealkylation sites (N-methyl/N-ethyl adjacent to an activating group) is 1. The van der Waals surface area contributed by atoms with Crippen LogP contribution in [0.1, 0.15) is 36.3 Å².